The Kier molecular flexibility index (Phi) is 4.19. The zero-order valence-electron chi connectivity index (χ0n) is 8.70. The minimum absolute atomic E-state index is 0.197. The predicted molar refractivity (Wildman–Crippen MR) is 53.2 cm³/mol. The molecule has 0 spiro atoms. The average molecular weight is 260 g/mol. The Bertz CT molecular complexity index is 329. The highest BCUT2D eigenvalue weighted by molar-refractivity contribution is 7.89. The Balaban J connectivity index is 2.41. The summed E-state index contributed by atoms with van der Waals surface area (Å²) in [6.07, 6.45) is -5.18. The van der Waals surface area contributed by atoms with Crippen molar-refractivity contribution in [3.05, 3.63) is 0 Å². The zero-order valence-corrected chi connectivity index (χ0v) is 9.52. The van der Waals surface area contributed by atoms with E-state index < -0.39 is 34.8 Å². The molecule has 0 amide bonds. The van der Waals surface area contributed by atoms with Gasteiger partial charge in [-0.1, -0.05) is 0 Å². The van der Waals surface area contributed by atoms with Crippen molar-refractivity contribution in [2.45, 2.75) is 31.5 Å². The zero-order chi connectivity index (χ0) is 12.4. The molecule has 0 radical (unpaired) electrons. The summed E-state index contributed by atoms with van der Waals surface area (Å²) in [5, 5.41) is 0. The highest BCUT2D eigenvalue weighted by atomic mass is 32.2. The van der Waals surface area contributed by atoms with E-state index in [0.29, 0.717) is 13.0 Å². The number of nitrogens with zero attached hydrogens (tertiary/aromatic N) is 1. The Labute approximate surface area is 92.6 Å². The summed E-state index contributed by atoms with van der Waals surface area (Å²) in [5.41, 5.74) is 5.53. The standard InChI is InChI=1S/C8H15F3N2O2S/c9-8(10,11)3-1-5-16(14,15)13-4-2-7(12)6-13/h7H,1-6,12H2/t7-/m1/s1. The van der Waals surface area contributed by atoms with Crippen molar-refractivity contribution in [2.24, 2.45) is 5.73 Å². The van der Waals surface area contributed by atoms with E-state index in [0.717, 1.165) is 0 Å². The molecule has 96 valence electrons. The minimum atomic E-state index is -4.29. The van der Waals surface area contributed by atoms with Gasteiger partial charge in [0.2, 0.25) is 10.0 Å². The maximum Gasteiger partial charge on any atom is 0.389 e. The third-order valence-corrected chi connectivity index (χ3v) is 4.37. The topological polar surface area (TPSA) is 63.4 Å². The first-order valence-corrected chi connectivity index (χ1v) is 6.62. The first-order chi connectivity index (χ1) is 7.21. The molecule has 1 saturated heterocycles. The van der Waals surface area contributed by atoms with Crippen molar-refractivity contribution < 1.29 is 21.6 Å². The lowest BCUT2D eigenvalue weighted by Gasteiger charge is -2.16. The largest absolute Gasteiger partial charge is 0.389 e. The van der Waals surface area contributed by atoms with Crippen LogP contribution in [0.1, 0.15) is 19.3 Å². The second-order valence-corrected chi connectivity index (χ2v) is 6.03. The fourth-order valence-electron chi connectivity index (χ4n) is 1.59. The molecule has 0 unspecified atom stereocenters. The molecule has 8 heteroatoms. The molecule has 2 N–H and O–H groups in total. The van der Waals surface area contributed by atoms with Gasteiger partial charge in [-0.2, -0.15) is 13.2 Å². The Morgan fingerprint density at radius 3 is 2.44 bits per heavy atom. The molecule has 0 aliphatic carbocycles. The molecule has 1 fully saturated rings. The number of halogens is 3. The average Bonchev–Trinajstić information content (AvgIpc) is 2.49. The monoisotopic (exact) mass is 260 g/mol. The third kappa shape index (κ3) is 4.26. The number of nitrogens with two attached hydrogens (primary N) is 1. The van der Waals surface area contributed by atoms with Gasteiger partial charge in [-0.25, -0.2) is 12.7 Å². The Hall–Kier alpha value is -0.340. The van der Waals surface area contributed by atoms with Crippen LogP contribution in [0.5, 0.6) is 0 Å². The summed E-state index contributed by atoms with van der Waals surface area (Å²) in [5.74, 6) is -0.459. The van der Waals surface area contributed by atoms with Crippen LogP contribution in [0.25, 0.3) is 0 Å². The van der Waals surface area contributed by atoms with Crippen LogP contribution in [0, 0.1) is 0 Å². The van der Waals surface area contributed by atoms with Crippen LogP contribution in [0.4, 0.5) is 13.2 Å². The fraction of sp³-hybridized carbons (Fsp3) is 1.00. The maximum absolute atomic E-state index is 11.8. The highest BCUT2D eigenvalue weighted by Gasteiger charge is 2.31. The van der Waals surface area contributed by atoms with E-state index in [1.165, 1.54) is 4.31 Å². The summed E-state index contributed by atoms with van der Waals surface area (Å²) in [6.45, 7) is 0.532. The van der Waals surface area contributed by atoms with Crippen LogP contribution in [-0.4, -0.2) is 43.8 Å². The summed E-state index contributed by atoms with van der Waals surface area (Å²) in [6, 6.07) is -0.197. The lowest BCUT2D eigenvalue weighted by atomic mass is 10.3. The summed E-state index contributed by atoms with van der Waals surface area (Å²) < 4.78 is 59.8. The van der Waals surface area contributed by atoms with Crippen molar-refractivity contribution in [3.8, 4) is 0 Å². The van der Waals surface area contributed by atoms with Gasteiger partial charge < -0.3 is 5.73 Å². The van der Waals surface area contributed by atoms with Gasteiger partial charge in [0.25, 0.3) is 0 Å². The number of hydrogen-bond acceptors (Lipinski definition) is 3. The van der Waals surface area contributed by atoms with E-state index in [4.69, 9.17) is 5.73 Å². The van der Waals surface area contributed by atoms with Gasteiger partial charge in [0.05, 0.1) is 5.75 Å². The van der Waals surface area contributed by atoms with E-state index in [1.54, 1.807) is 0 Å². The number of sulfonamides is 1. The van der Waals surface area contributed by atoms with Crippen LogP contribution in [0.2, 0.25) is 0 Å². The van der Waals surface area contributed by atoms with Crippen molar-refractivity contribution in [1.29, 1.82) is 0 Å². The molecule has 0 aromatic carbocycles. The van der Waals surface area contributed by atoms with E-state index in [1.807, 2.05) is 0 Å². The van der Waals surface area contributed by atoms with Crippen LogP contribution in [0.3, 0.4) is 0 Å². The van der Waals surface area contributed by atoms with E-state index in [-0.39, 0.29) is 12.6 Å². The van der Waals surface area contributed by atoms with Gasteiger partial charge >= 0.3 is 6.18 Å². The van der Waals surface area contributed by atoms with Gasteiger partial charge in [-0.3, -0.25) is 0 Å². The Morgan fingerprint density at radius 1 is 1.38 bits per heavy atom. The third-order valence-electron chi connectivity index (χ3n) is 2.44. The molecule has 1 aliphatic rings. The molecule has 0 bridgehead atoms. The lowest BCUT2D eigenvalue weighted by molar-refractivity contribution is -0.134. The molecular weight excluding hydrogens is 245 g/mol. The normalized spacial score (nSPS) is 23.9. The second-order valence-electron chi connectivity index (χ2n) is 3.94. The van der Waals surface area contributed by atoms with Gasteiger partial charge in [0.1, 0.15) is 0 Å². The molecule has 4 nitrogen and oxygen atoms in total. The van der Waals surface area contributed by atoms with Crippen LogP contribution in [-0.2, 0) is 10.0 Å². The number of alkyl halides is 3. The molecule has 0 aromatic rings. The van der Waals surface area contributed by atoms with E-state index in [9.17, 15) is 21.6 Å². The van der Waals surface area contributed by atoms with E-state index >= 15 is 0 Å². The molecule has 1 rings (SSSR count). The first kappa shape index (κ1) is 13.7. The fourth-order valence-corrected chi connectivity index (χ4v) is 3.16. The van der Waals surface area contributed by atoms with Crippen LogP contribution < -0.4 is 5.73 Å². The Morgan fingerprint density at radius 2 is 2.00 bits per heavy atom. The summed E-state index contributed by atoms with van der Waals surface area (Å²) >= 11 is 0. The van der Waals surface area contributed by atoms with Crippen LogP contribution in [0.15, 0.2) is 0 Å². The first-order valence-electron chi connectivity index (χ1n) is 5.01. The molecule has 16 heavy (non-hydrogen) atoms. The molecular formula is C8H15F3N2O2S. The summed E-state index contributed by atoms with van der Waals surface area (Å²) in [7, 11) is -3.56. The number of rotatable bonds is 4. The minimum Gasteiger partial charge on any atom is -0.326 e. The van der Waals surface area contributed by atoms with Crippen molar-refractivity contribution in [3.63, 3.8) is 0 Å². The van der Waals surface area contributed by atoms with E-state index in [2.05, 4.69) is 0 Å². The van der Waals surface area contributed by atoms with Crippen LogP contribution >= 0.6 is 0 Å². The molecule has 1 aliphatic heterocycles. The lowest BCUT2D eigenvalue weighted by Crippen LogP contribution is -2.33. The molecule has 0 saturated carbocycles. The highest BCUT2D eigenvalue weighted by Crippen LogP contribution is 2.22. The van der Waals surface area contributed by atoms with Gasteiger partial charge in [0.15, 0.2) is 0 Å². The smallest absolute Gasteiger partial charge is 0.326 e. The van der Waals surface area contributed by atoms with Crippen molar-refractivity contribution in [2.75, 3.05) is 18.8 Å². The molecule has 1 atom stereocenters. The molecule has 0 aromatic heterocycles. The maximum atomic E-state index is 11.8. The predicted octanol–water partition coefficient (Wildman–Crippen LogP) is 0.692. The van der Waals surface area contributed by atoms with Gasteiger partial charge in [0, 0.05) is 25.6 Å². The number of hydrogen-bond donors (Lipinski definition) is 1. The van der Waals surface area contributed by atoms with Gasteiger partial charge in [-0.05, 0) is 12.8 Å². The van der Waals surface area contributed by atoms with Crippen molar-refractivity contribution in [1.82, 2.24) is 4.31 Å². The SMILES string of the molecule is N[C@@H]1CCN(S(=O)(=O)CCCC(F)(F)F)C1. The van der Waals surface area contributed by atoms with Gasteiger partial charge in [-0.15, -0.1) is 0 Å². The summed E-state index contributed by atoms with van der Waals surface area (Å²) in [4.78, 5) is 0. The van der Waals surface area contributed by atoms with Crippen molar-refractivity contribution >= 4 is 10.0 Å². The quantitative estimate of drug-likeness (QED) is 0.809. The molecule has 1 heterocycles. The second kappa shape index (κ2) is 4.89.